The third kappa shape index (κ3) is 2.21. The molecular formula is C16H15N3S. The third-order valence-electron chi connectivity index (χ3n) is 3.69. The summed E-state index contributed by atoms with van der Waals surface area (Å²) in [5, 5.41) is 9.31. The number of nitrogens with zero attached hydrogens (tertiary/aromatic N) is 2. The summed E-state index contributed by atoms with van der Waals surface area (Å²) in [6.07, 6.45) is 8.30. The fourth-order valence-electron chi connectivity index (χ4n) is 2.53. The van der Waals surface area contributed by atoms with Gasteiger partial charge in [-0.05, 0) is 18.2 Å². The normalized spacial score (nSPS) is 16.4. The number of fused-ring (bicyclic) bond motifs is 1. The molecule has 1 unspecified atom stereocenters. The van der Waals surface area contributed by atoms with E-state index in [4.69, 9.17) is 0 Å². The highest BCUT2D eigenvalue weighted by Crippen LogP contribution is 2.32. The van der Waals surface area contributed by atoms with Crippen LogP contribution in [0.5, 0.6) is 0 Å². The molecule has 0 aliphatic heterocycles. The largest absolute Gasteiger partial charge is 0.301 e. The van der Waals surface area contributed by atoms with Gasteiger partial charge in [0.15, 0.2) is 0 Å². The number of benzene rings is 1. The van der Waals surface area contributed by atoms with Crippen LogP contribution in [-0.4, -0.2) is 16.0 Å². The average molecular weight is 281 g/mol. The van der Waals surface area contributed by atoms with Crippen molar-refractivity contribution >= 4 is 22.1 Å². The molecule has 0 bridgehead atoms. The Hall–Kier alpha value is -1.78. The molecule has 100 valence electrons. The van der Waals surface area contributed by atoms with Crippen LogP contribution in [0.4, 0.5) is 0 Å². The lowest BCUT2D eigenvalue weighted by molar-refractivity contribution is 0.600. The first kappa shape index (κ1) is 12.0. The lowest BCUT2D eigenvalue weighted by Crippen LogP contribution is -2.24. The van der Waals surface area contributed by atoms with Crippen molar-refractivity contribution in [2.45, 2.75) is 24.9 Å². The SMILES string of the molecule is c1ccc2c(C(NC3CC3)c3nccs3)cncc2c1. The van der Waals surface area contributed by atoms with Gasteiger partial charge in [0.1, 0.15) is 5.01 Å². The van der Waals surface area contributed by atoms with E-state index in [0.717, 1.165) is 5.01 Å². The van der Waals surface area contributed by atoms with Crippen LogP contribution in [0.3, 0.4) is 0 Å². The number of hydrogen-bond donors (Lipinski definition) is 1. The maximum Gasteiger partial charge on any atom is 0.114 e. The molecular weight excluding hydrogens is 266 g/mol. The van der Waals surface area contributed by atoms with Crippen LogP contribution in [0.15, 0.2) is 48.2 Å². The summed E-state index contributed by atoms with van der Waals surface area (Å²) in [4.78, 5) is 8.92. The van der Waals surface area contributed by atoms with Gasteiger partial charge in [-0.3, -0.25) is 4.98 Å². The zero-order valence-electron chi connectivity index (χ0n) is 11.0. The molecule has 2 heterocycles. The van der Waals surface area contributed by atoms with Gasteiger partial charge in [-0.15, -0.1) is 11.3 Å². The fourth-order valence-corrected chi connectivity index (χ4v) is 3.24. The van der Waals surface area contributed by atoms with Crippen molar-refractivity contribution in [3.63, 3.8) is 0 Å². The summed E-state index contributed by atoms with van der Waals surface area (Å²) in [6.45, 7) is 0. The van der Waals surface area contributed by atoms with Crippen molar-refractivity contribution in [1.29, 1.82) is 0 Å². The number of nitrogens with one attached hydrogen (secondary N) is 1. The van der Waals surface area contributed by atoms with Crippen molar-refractivity contribution < 1.29 is 0 Å². The molecule has 3 aromatic rings. The predicted octanol–water partition coefficient (Wildman–Crippen LogP) is 3.53. The first-order valence-corrected chi connectivity index (χ1v) is 7.78. The average Bonchev–Trinajstić information content (AvgIpc) is 3.16. The molecule has 1 atom stereocenters. The summed E-state index contributed by atoms with van der Waals surface area (Å²) >= 11 is 1.70. The first-order valence-electron chi connectivity index (χ1n) is 6.90. The van der Waals surface area contributed by atoms with Crippen LogP contribution in [0.25, 0.3) is 10.8 Å². The van der Waals surface area contributed by atoms with E-state index in [1.54, 1.807) is 11.3 Å². The Bertz CT molecular complexity index is 714. The van der Waals surface area contributed by atoms with Crippen molar-refractivity contribution in [2.24, 2.45) is 0 Å². The number of rotatable bonds is 4. The number of aromatic nitrogens is 2. The van der Waals surface area contributed by atoms with E-state index in [9.17, 15) is 0 Å². The Morgan fingerprint density at radius 3 is 2.90 bits per heavy atom. The fraction of sp³-hybridized carbons (Fsp3) is 0.250. The maximum atomic E-state index is 4.51. The van der Waals surface area contributed by atoms with E-state index >= 15 is 0 Å². The highest BCUT2D eigenvalue weighted by molar-refractivity contribution is 7.09. The lowest BCUT2D eigenvalue weighted by Gasteiger charge is -2.18. The van der Waals surface area contributed by atoms with Crippen LogP contribution >= 0.6 is 11.3 Å². The molecule has 1 aromatic carbocycles. The highest BCUT2D eigenvalue weighted by Gasteiger charge is 2.28. The summed E-state index contributed by atoms with van der Waals surface area (Å²) < 4.78 is 0. The molecule has 2 aromatic heterocycles. The number of hydrogen-bond acceptors (Lipinski definition) is 4. The molecule has 20 heavy (non-hydrogen) atoms. The third-order valence-corrected chi connectivity index (χ3v) is 4.53. The second-order valence-corrected chi connectivity index (χ2v) is 6.12. The molecule has 0 amide bonds. The van der Waals surface area contributed by atoms with Crippen LogP contribution in [0.1, 0.15) is 29.5 Å². The van der Waals surface area contributed by atoms with Crippen molar-refractivity contribution in [1.82, 2.24) is 15.3 Å². The Morgan fingerprint density at radius 1 is 1.20 bits per heavy atom. The summed E-state index contributed by atoms with van der Waals surface area (Å²) in [5.74, 6) is 0. The predicted molar refractivity (Wildman–Crippen MR) is 81.9 cm³/mol. The van der Waals surface area contributed by atoms with Crippen LogP contribution < -0.4 is 5.32 Å². The minimum absolute atomic E-state index is 0.154. The Labute approximate surface area is 121 Å². The van der Waals surface area contributed by atoms with E-state index < -0.39 is 0 Å². The molecule has 0 spiro atoms. The molecule has 1 aliphatic carbocycles. The van der Waals surface area contributed by atoms with Gasteiger partial charge >= 0.3 is 0 Å². The summed E-state index contributed by atoms with van der Waals surface area (Å²) in [6, 6.07) is 9.20. The lowest BCUT2D eigenvalue weighted by atomic mass is 10.0. The molecule has 0 saturated heterocycles. The molecule has 1 fully saturated rings. The Morgan fingerprint density at radius 2 is 2.10 bits per heavy atom. The van der Waals surface area contributed by atoms with Crippen molar-refractivity contribution in [2.75, 3.05) is 0 Å². The van der Waals surface area contributed by atoms with E-state index in [0.29, 0.717) is 6.04 Å². The van der Waals surface area contributed by atoms with Gasteiger partial charge in [-0.1, -0.05) is 24.3 Å². The Kier molecular flexibility index (Phi) is 2.98. The minimum atomic E-state index is 0.154. The minimum Gasteiger partial charge on any atom is -0.301 e. The first-order chi connectivity index (χ1) is 9.92. The zero-order valence-corrected chi connectivity index (χ0v) is 11.8. The van der Waals surface area contributed by atoms with E-state index in [-0.39, 0.29) is 6.04 Å². The molecule has 1 aliphatic rings. The smallest absolute Gasteiger partial charge is 0.114 e. The van der Waals surface area contributed by atoms with Gasteiger partial charge in [-0.25, -0.2) is 4.98 Å². The quantitative estimate of drug-likeness (QED) is 0.795. The van der Waals surface area contributed by atoms with Crippen LogP contribution in [0, 0.1) is 0 Å². The molecule has 4 rings (SSSR count). The second-order valence-electron chi connectivity index (χ2n) is 5.19. The molecule has 1 N–H and O–H groups in total. The molecule has 1 saturated carbocycles. The summed E-state index contributed by atoms with van der Waals surface area (Å²) in [5.41, 5.74) is 1.23. The standard InChI is InChI=1S/C16H15N3S/c1-2-4-13-11(3-1)9-17-10-14(13)15(19-12-5-6-12)16-18-7-8-20-16/h1-4,7-10,12,15,19H,5-6H2. The van der Waals surface area contributed by atoms with Crippen molar-refractivity contribution in [3.05, 3.63) is 58.8 Å². The van der Waals surface area contributed by atoms with Crippen molar-refractivity contribution in [3.8, 4) is 0 Å². The molecule has 0 radical (unpaired) electrons. The van der Waals surface area contributed by atoms with Gasteiger partial charge in [0.05, 0.1) is 6.04 Å². The second kappa shape index (κ2) is 4.96. The molecule has 4 heteroatoms. The topological polar surface area (TPSA) is 37.8 Å². The van der Waals surface area contributed by atoms with E-state index in [2.05, 4.69) is 39.6 Å². The summed E-state index contributed by atoms with van der Waals surface area (Å²) in [7, 11) is 0. The van der Waals surface area contributed by atoms with Gasteiger partial charge in [-0.2, -0.15) is 0 Å². The van der Waals surface area contributed by atoms with Gasteiger partial charge in [0, 0.05) is 41.0 Å². The zero-order chi connectivity index (χ0) is 13.4. The number of thiazole rings is 1. The van der Waals surface area contributed by atoms with E-state index in [1.165, 1.54) is 29.2 Å². The van der Waals surface area contributed by atoms with Crippen LogP contribution in [-0.2, 0) is 0 Å². The highest BCUT2D eigenvalue weighted by atomic mass is 32.1. The number of pyridine rings is 1. The van der Waals surface area contributed by atoms with Crippen LogP contribution in [0.2, 0.25) is 0 Å². The molecule has 3 nitrogen and oxygen atoms in total. The maximum absolute atomic E-state index is 4.51. The van der Waals surface area contributed by atoms with E-state index in [1.807, 2.05) is 24.0 Å². The monoisotopic (exact) mass is 281 g/mol. The van der Waals surface area contributed by atoms with Gasteiger partial charge < -0.3 is 5.32 Å². The Balaban J connectivity index is 1.84. The van der Waals surface area contributed by atoms with Gasteiger partial charge in [0.2, 0.25) is 0 Å². The van der Waals surface area contributed by atoms with Gasteiger partial charge in [0.25, 0.3) is 0 Å².